The summed E-state index contributed by atoms with van der Waals surface area (Å²) in [6.45, 7) is 0. The van der Waals surface area contributed by atoms with Crippen LogP contribution >= 0.6 is 11.3 Å². The smallest absolute Gasteiger partial charge is 0.165 e. The first-order valence-electron chi connectivity index (χ1n) is 18.3. The molecular formula is C49H27N3O2S. The van der Waals surface area contributed by atoms with Gasteiger partial charge in [0, 0.05) is 58.4 Å². The highest BCUT2D eigenvalue weighted by atomic mass is 32.1. The van der Waals surface area contributed by atoms with Gasteiger partial charge in [-0.15, -0.1) is 11.3 Å². The fourth-order valence-corrected chi connectivity index (χ4v) is 9.46. The van der Waals surface area contributed by atoms with Crippen molar-refractivity contribution in [2.75, 3.05) is 0 Å². The van der Waals surface area contributed by atoms with Crippen molar-refractivity contribution in [3.05, 3.63) is 164 Å². The summed E-state index contributed by atoms with van der Waals surface area (Å²) in [5.41, 5.74) is 8.03. The standard InChI is InChI=1S/C49H27N3O2S/c1-2-12-28(13-3-1)47-50-48(35-19-10-22-39-43(35)33-16-6-8-20-37(33)53-39)52-49(51-47)46-32(24-25-40-45(46)34-17-7-9-21-38(34)54-40)31-18-11-23-41-44(31)36-26-29-14-4-5-15-30(29)27-42(36)55-41/h1-27H. The second kappa shape index (κ2) is 11.7. The van der Waals surface area contributed by atoms with Crippen LogP contribution in [0.4, 0.5) is 0 Å². The molecule has 12 rings (SSSR count). The molecule has 0 atom stereocenters. The SMILES string of the molecule is c1ccc(-c2nc(-c3cccc4oc5ccccc5c34)nc(-c3c(-c4cccc5sc6cc7ccccc7cc6c45)ccc4oc5ccccc5c34)n2)cc1. The van der Waals surface area contributed by atoms with E-state index < -0.39 is 0 Å². The molecule has 0 aliphatic heterocycles. The molecule has 0 radical (unpaired) electrons. The zero-order chi connectivity index (χ0) is 36.0. The second-order valence-electron chi connectivity index (χ2n) is 13.9. The Hall–Kier alpha value is -7.15. The summed E-state index contributed by atoms with van der Waals surface area (Å²) in [5.74, 6) is 1.73. The van der Waals surface area contributed by atoms with Crippen LogP contribution in [-0.2, 0) is 0 Å². The number of aromatic nitrogens is 3. The monoisotopic (exact) mass is 721 g/mol. The van der Waals surface area contributed by atoms with Crippen molar-refractivity contribution < 1.29 is 8.83 Å². The molecule has 0 fully saturated rings. The maximum Gasteiger partial charge on any atom is 0.165 e. The van der Waals surface area contributed by atoms with Gasteiger partial charge in [0.2, 0.25) is 0 Å². The summed E-state index contributed by atoms with van der Waals surface area (Å²) in [6, 6.07) is 56.7. The average Bonchev–Trinajstić information content (AvgIpc) is 3.93. The summed E-state index contributed by atoms with van der Waals surface area (Å²) in [5, 5.41) is 8.88. The van der Waals surface area contributed by atoms with Crippen molar-refractivity contribution in [3.63, 3.8) is 0 Å². The maximum atomic E-state index is 6.54. The van der Waals surface area contributed by atoms with Gasteiger partial charge in [-0.3, -0.25) is 0 Å². The molecule has 6 heteroatoms. The lowest BCUT2D eigenvalue weighted by molar-refractivity contribution is 0.668. The van der Waals surface area contributed by atoms with E-state index in [0.717, 1.165) is 71.7 Å². The minimum atomic E-state index is 0.572. The number of furan rings is 2. The minimum Gasteiger partial charge on any atom is -0.456 e. The number of rotatable bonds is 4. The first-order chi connectivity index (χ1) is 27.2. The average molecular weight is 722 g/mol. The Morgan fingerprint density at radius 2 is 0.982 bits per heavy atom. The largest absolute Gasteiger partial charge is 0.456 e. The number of nitrogens with zero attached hydrogens (tertiary/aromatic N) is 3. The van der Waals surface area contributed by atoms with Crippen molar-refractivity contribution in [3.8, 4) is 45.3 Å². The summed E-state index contributed by atoms with van der Waals surface area (Å²) >= 11 is 1.83. The van der Waals surface area contributed by atoms with Gasteiger partial charge < -0.3 is 8.83 Å². The summed E-state index contributed by atoms with van der Waals surface area (Å²) in [7, 11) is 0. The van der Waals surface area contributed by atoms with E-state index in [4.69, 9.17) is 23.8 Å². The zero-order valence-corrected chi connectivity index (χ0v) is 30.0. The van der Waals surface area contributed by atoms with Crippen molar-refractivity contribution in [1.29, 1.82) is 0 Å². The Kier molecular flexibility index (Phi) is 6.44. The van der Waals surface area contributed by atoms with Crippen molar-refractivity contribution in [1.82, 2.24) is 15.0 Å². The van der Waals surface area contributed by atoms with Crippen LogP contribution in [0, 0.1) is 0 Å². The number of para-hydroxylation sites is 2. The van der Waals surface area contributed by atoms with Crippen LogP contribution in [0.15, 0.2) is 173 Å². The quantitative estimate of drug-likeness (QED) is 0.181. The van der Waals surface area contributed by atoms with Crippen LogP contribution in [0.3, 0.4) is 0 Å². The predicted molar refractivity (Wildman–Crippen MR) is 227 cm³/mol. The Labute approximate surface area is 317 Å². The predicted octanol–water partition coefficient (Wildman–Crippen LogP) is 13.9. The number of hydrogen-bond donors (Lipinski definition) is 0. The Balaban J connectivity index is 1.22. The molecule has 0 aliphatic rings. The molecule has 256 valence electrons. The van der Waals surface area contributed by atoms with Gasteiger partial charge in [-0.1, -0.05) is 115 Å². The Morgan fingerprint density at radius 3 is 1.80 bits per heavy atom. The molecule has 5 nitrogen and oxygen atoms in total. The van der Waals surface area contributed by atoms with Gasteiger partial charge >= 0.3 is 0 Å². The topological polar surface area (TPSA) is 65.0 Å². The minimum absolute atomic E-state index is 0.572. The van der Waals surface area contributed by atoms with Crippen molar-refractivity contribution >= 4 is 86.2 Å². The molecule has 0 saturated carbocycles. The van der Waals surface area contributed by atoms with Crippen molar-refractivity contribution in [2.24, 2.45) is 0 Å². The lowest BCUT2D eigenvalue weighted by Crippen LogP contribution is -2.02. The molecule has 55 heavy (non-hydrogen) atoms. The molecule has 0 saturated heterocycles. The Morgan fingerprint density at radius 1 is 0.364 bits per heavy atom. The summed E-state index contributed by atoms with van der Waals surface area (Å²) in [6.07, 6.45) is 0. The van der Waals surface area contributed by atoms with Gasteiger partial charge in [0.05, 0.1) is 0 Å². The van der Waals surface area contributed by atoms with Gasteiger partial charge in [-0.2, -0.15) is 0 Å². The highest BCUT2D eigenvalue weighted by Crippen LogP contribution is 2.47. The highest BCUT2D eigenvalue weighted by Gasteiger charge is 2.25. The van der Waals surface area contributed by atoms with E-state index in [1.165, 1.54) is 30.9 Å². The summed E-state index contributed by atoms with van der Waals surface area (Å²) < 4.78 is 15.4. The van der Waals surface area contributed by atoms with E-state index in [1.807, 2.05) is 84.1 Å². The Bertz CT molecular complexity index is 3510. The number of hydrogen-bond acceptors (Lipinski definition) is 6. The van der Waals surface area contributed by atoms with Crippen LogP contribution in [0.5, 0.6) is 0 Å². The van der Waals surface area contributed by atoms with E-state index in [0.29, 0.717) is 17.5 Å². The lowest BCUT2D eigenvalue weighted by Gasteiger charge is -2.15. The third-order valence-corrected chi connectivity index (χ3v) is 11.8. The molecule has 0 amide bonds. The normalized spacial score (nSPS) is 12.0. The van der Waals surface area contributed by atoms with E-state index in [2.05, 4.69) is 91.0 Å². The molecule has 0 bridgehead atoms. The number of benzene rings is 8. The third kappa shape index (κ3) is 4.62. The number of fused-ring (bicyclic) bond motifs is 10. The molecule has 0 unspecified atom stereocenters. The van der Waals surface area contributed by atoms with Gasteiger partial charge in [0.15, 0.2) is 17.5 Å². The molecule has 4 heterocycles. The molecule has 0 N–H and O–H groups in total. The van der Waals surface area contributed by atoms with Gasteiger partial charge in [-0.05, 0) is 70.4 Å². The summed E-state index contributed by atoms with van der Waals surface area (Å²) in [4.78, 5) is 16.0. The van der Waals surface area contributed by atoms with Crippen LogP contribution in [-0.4, -0.2) is 15.0 Å². The number of thiophene rings is 1. The van der Waals surface area contributed by atoms with E-state index in [9.17, 15) is 0 Å². The molecule has 0 spiro atoms. The third-order valence-electron chi connectivity index (χ3n) is 10.7. The second-order valence-corrected chi connectivity index (χ2v) is 15.0. The first-order valence-corrected chi connectivity index (χ1v) is 19.1. The molecule has 4 aromatic heterocycles. The molecule has 0 aliphatic carbocycles. The van der Waals surface area contributed by atoms with Crippen LogP contribution in [0.2, 0.25) is 0 Å². The molecular weight excluding hydrogens is 695 g/mol. The van der Waals surface area contributed by atoms with E-state index >= 15 is 0 Å². The van der Waals surface area contributed by atoms with Crippen molar-refractivity contribution in [2.45, 2.75) is 0 Å². The van der Waals surface area contributed by atoms with Gasteiger partial charge in [-0.25, -0.2) is 15.0 Å². The first kappa shape index (κ1) is 30.3. The highest BCUT2D eigenvalue weighted by molar-refractivity contribution is 7.26. The lowest BCUT2D eigenvalue weighted by atomic mass is 9.91. The van der Waals surface area contributed by atoms with Gasteiger partial charge in [0.1, 0.15) is 22.3 Å². The van der Waals surface area contributed by atoms with Gasteiger partial charge in [0.25, 0.3) is 0 Å². The van der Waals surface area contributed by atoms with E-state index in [-0.39, 0.29) is 0 Å². The maximum absolute atomic E-state index is 6.54. The van der Waals surface area contributed by atoms with E-state index in [1.54, 1.807) is 0 Å². The van der Waals surface area contributed by atoms with Crippen LogP contribution < -0.4 is 0 Å². The zero-order valence-electron chi connectivity index (χ0n) is 29.2. The van der Waals surface area contributed by atoms with Crippen LogP contribution in [0.25, 0.3) is 120 Å². The molecule has 8 aromatic carbocycles. The fourth-order valence-electron chi connectivity index (χ4n) is 8.29. The molecule has 12 aromatic rings. The van der Waals surface area contributed by atoms with Crippen LogP contribution in [0.1, 0.15) is 0 Å². The fraction of sp³-hybridized carbons (Fsp3) is 0.